The standard InChI is InChI=1S/C22H20ClN5O3/c1-30-19-9-13-15(10-20(19)31-2)25-22(26-21(13)29)27-8-7-18-16(11-27)24-12-28(18)17-6-4-3-5-14(17)23/h3-6,9-10,12H,7-8,11H2,1-2H3,(H,25,26,29). The van der Waals surface area contributed by atoms with Gasteiger partial charge in [-0.25, -0.2) is 9.97 Å². The highest BCUT2D eigenvalue weighted by Gasteiger charge is 2.24. The monoisotopic (exact) mass is 437 g/mol. The third kappa shape index (κ3) is 3.29. The molecule has 0 amide bonds. The number of methoxy groups -OCH3 is 2. The SMILES string of the molecule is COc1cc2nc(N3CCc4c(ncn4-c4ccccc4Cl)C3)[nH]c(=O)c2cc1OC. The summed E-state index contributed by atoms with van der Waals surface area (Å²) in [5.41, 5.74) is 3.27. The van der Waals surface area contributed by atoms with Gasteiger partial charge in [0, 0.05) is 24.7 Å². The third-order valence-corrected chi connectivity index (χ3v) is 5.84. The fraction of sp³-hybridized carbons (Fsp3) is 0.227. The van der Waals surface area contributed by atoms with Crippen LogP contribution in [-0.4, -0.2) is 40.3 Å². The van der Waals surface area contributed by atoms with Crippen LogP contribution in [0, 0.1) is 0 Å². The molecule has 0 radical (unpaired) electrons. The zero-order valence-corrected chi connectivity index (χ0v) is 17.8. The first-order chi connectivity index (χ1) is 15.1. The Morgan fingerprint density at radius 1 is 1.13 bits per heavy atom. The molecule has 4 aromatic rings. The van der Waals surface area contributed by atoms with Gasteiger partial charge in [0.25, 0.3) is 5.56 Å². The molecular weight excluding hydrogens is 418 g/mol. The lowest BCUT2D eigenvalue weighted by Gasteiger charge is -2.27. The largest absolute Gasteiger partial charge is 0.493 e. The Bertz CT molecular complexity index is 1350. The van der Waals surface area contributed by atoms with Gasteiger partial charge in [0.05, 0.1) is 54.4 Å². The van der Waals surface area contributed by atoms with E-state index in [9.17, 15) is 4.79 Å². The summed E-state index contributed by atoms with van der Waals surface area (Å²) in [6.07, 6.45) is 2.54. The highest BCUT2D eigenvalue weighted by Crippen LogP contribution is 2.31. The van der Waals surface area contributed by atoms with Crippen LogP contribution in [0.25, 0.3) is 16.6 Å². The molecule has 0 fully saturated rings. The van der Waals surface area contributed by atoms with Crippen molar-refractivity contribution in [2.75, 3.05) is 25.7 Å². The number of para-hydroxylation sites is 1. The van der Waals surface area contributed by atoms with E-state index in [1.54, 1.807) is 25.6 Å². The maximum Gasteiger partial charge on any atom is 0.260 e. The van der Waals surface area contributed by atoms with Crippen LogP contribution in [0.4, 0.5) is 5.95 Å². The Morgan fingerprint density at radius 2 is 1.90 bits per heavy atom. The molecule has 0 unspecified atom stereocenters. The molecule has 1 aliphatic rings. The molecule has 0 saturated carbocycles. The lowest BCUT2D eigenvalue weighted by molar-refractivity contribution is 0.355. The molecule has 3 heterocycles. The predicted octanol–water partition coefficient (Wildman–Crippen LogP) is 3.34. The highest BCUT2D eigenvalue weighted by atomic mass is 35.5. The smallest absolute Gasteiger partial charge is 0.260 e. The summed E-state index contributed by atoms with van der Waals surface area (Å²) in [5.74, 6) is 1.52. The van der Waals surface area contributed by atoms with E-state index >= 15 is 0 Å². The van der Waals surface area contributed by atoms with E-state index in [2.05, 4.69) is 15.0 Å². The van der Waals surface area contributed by atoms with Gasteiger partial charge in [0.15, 0.2) is 11.5 Å². The number of nitrogens with one attached hydrogen (secondary N) is 1. The number of fused-ring (bicyclic) bond motifs is 2. The fourth-order valence-corrected chi connectivity index (χ4v) is 4.17. The van der Waals surface area contributed by atoms with Crippen molar-refractivity contribution >= 4 is 28.5 Å². The number of nitrogens with zero attached hydrogens (tertiary/aromatic N) is 4. The quantitative estimate of drug-likeness (QED) is 0.527. The average molecular weight is 438 g/mol. The van der Waals surface area contributed by atoms with E-state index in [1.807, 2.05) is 33.7 Å². The Morgan fingerprint density at radius 3 is 2.68 bits per heavy atom. The van der Waals surface area contributed by atoms with Crippen molar-refractivity contribution < 1.29 is 9.47 Å². The first-order valence-corrected chi connectivity index (χ1v) is 10.2. The lowest BCUT2D eigenvalue weighted by Crippen LogP contribution is -2.33. The molecule has 0 bridgehead atoms. The zero-order valence-electron chi connectivity index (χ0n) is 17.1. The van der Waals surface area contributed by atoms with Crippen LogP contribution in [0.3, 0.4) is 0 Å². The number of anilines is 1. The summed E-state index contributed by atoms with van der Waals surface area (Å²) in [6.45, 7) is 1.22. The number of ether oxygens (including phenoxy) is 2. The first-order valence-electron chi connectivity index (χ1n) is 9.80. The summed E-state index contributed by atoms with van der Waals surface area (Å²) in [5, 5.41) is 1.12. The molecule has 2 aromatic heterocycles. The molecule has 0 spiro atoms. The van der Waals surface area contributed by atoms with E-state index in [4.69, 9.17) is 21.1 Å². The van der Waals surface area contributed by atoms with Gasteiger partial charge in [-0.05, 0) is 18.2 Å². The van der Waals surface area contributed by atoms with E-state index in [0.717, 1.165) is 23.5 Å². The molecule has 9 heteroatoms. The Labute approximate surface area is 183 Å². The number of hydrogen-bond acceptors (Lipinski definition) is 6. The van der Waals surface area contributed by atoms with Gasteiger partial charge in [-0.15, -0.1) is 0 Å². The molecule has 1 aliphatic heterocycles. The van der Waals surface area contributed by atoms with Gasteiger partial charge in [-0.2, -0.15) is 0 Å². The van der Waals surface area contributed by atoms with Gasteiger partial charge in [0.2, 0.25) is 5.95 Å². The van der Waals surface area contributed by atoms with Crippen molar-refractivity contribution in [2.45, 2.75) is 13.0 Å². The van der Waals surface area contributed by atoms with Crippen molar-refractivity contribution in [3.8, 4) is 17.2 Å². The number of halogens is 1. The van der Waals surface area contributed by atoms with Crippen LogP contribution in [0.15, 0.2) is 47.5 Å². The molecule has 2 aromatic carbocycles. The number of benzene rings is 2. The first kappa shape index (κ1) is 19.4. The predicted molar refractivity (Wildman–Crippen MR) is 119 cm³/mol. The molecule has 1 N–H and O–H groups in total. The van der Waals surface area contributed by atoms with E-state index < -0.39 is 0 Å². The second-order valence-electron chi connectivity index (χ2n) is 7.24. The van der Waals surface area contributed by atoms with E-state index in [0.29, 0.717) is 46.5 Å². The van der Waals surface area contributed by atoms with Crippen LogP contribution in [-0.2, 0) is 13.0 Å². The van der Waals surface area contributed by atoms with Gasteiger partial charge in [0.1, 0.15) is 0 Å². The summed E-state index contributed by atoms with van der Waals surface area (Å²) in [6, 6.07) is 11.1. The zero-order chi connectivity index (χ0) is 21.5. The van der Waals surface area contributed by atoms with Crippen LogP contribution in [0.2, 0.25) is 5.02 Å². The van der Waals surface area contributed by atoms with Gasteiger partial charge in [-0.3, -0.25) is 9.78 Å². The average Bonchev–Trinajstić information content (AvgIpc) is 3.21. The van der Waals surface area contributed by atoms with Gasteiger partial charge < -0.3 is 18.9 Å². The minimum absolute atomic E-state index is 0.228. The maximum atomic E-state index is 12.7. The summed E-state index contributed by atoms with van der Waals surface area (Å²) >= 11 is 6.37. The molecular formula is C22H20ClN5O3. The number of aromatic nitrogens is 4. The van der Waals surface area contributed by atoms with Gasteiger partial charge >= 0.3 is 0 Å². The second kappa shape index (κ2) is 7.63. The molecule has 0 aliphatic carbocycles. The number of H-pyrrole nitrogens is 1. The number of hydrogen-bond donors (Lipinski definition) is 1. The van der Waals surface area contributed by atoms with Crippen molar-refractivity contribution in [3.63, 3.8) is 0 Å². The van der Waals surface area contributed by atoms with Crippen LogP contribution < -0.4 is 19.9 Å². The highest BCUT2D eigenvalue weighted by molar-refractivity contribution is 6.32. The Balaban J connectivity index is 1.51. The third-order valence-electron chi connectivity index (χ3n) is 5.52. The molecule has 158 valence electrons. The Kier molecular flexibility index (Phi) is 4.78. The minimum Gasteiger partial charge on any atom is -0.493 e. The fourth-order valence-electron chi connectivity index (χ4n) is 3.95. The van der Waals surface area contributed by atoms with E-state index in [1.165, 1.54) is 7.11 Å². The Hall–Kier alpha value is -3.52. The maximum absolute atomic E-state index is 12.7. The summed E-state index contributed by atoms with van der Waals surface area (Å²) in [7, 11) is 3.09. The molecule has 0 atom stereocenters. The van der Waals surface area contributed by atoms with Gasteiger partial charge in [-0.1, -0.05) is 23.7 Å². The molecule has 8 nitrogen and oxygen atoms in total. The second-order valence-corrected chi connectivity index (χ2v) is 7.65. The normalized spacial score (nSPS) is 13.3. The van der Waals surface area contributed by atoms with Crippen LogP contribution >= 0.6 is 11.6 Å². The topological polar surface area (TPSA) is 85.3 Å². The van der Waals surface area contributed by atoms with Crippen molar-refractivity contribution in [1.82, 2.24) is 19.5 Å². The number of aromatic amines is 1. The van der Waals surface area contributed by atoms with Crippen LogP contribution in [0.5, 0.6) is 11.5 Å². The number of rotatable bonds is 4. The van der Waals surface area contributed by atoms with Crippen molar-refractivity contribution in [1.29, 1.82) is 0 Å². The summed E-state index contributed by atoms with van der Waals surface area (Å²) < 4.78 is 12.7. The minimum atomic E-state index is -0.228. The molecule has 5 rings (SSSR count). The van der Waals surface area contributed by atoms with E-state index in [-0.39, 0.29) is 5.56 Å². The van der Waals surface area contributed by atoms with Crippen molar-refractivity contribution in [2.24, 2.45) is 0 Å². The lowest BCUT2D eigenvalue weighted by atomic mass is 10.1. The van der Waals surface area contributed by atoms with Crippen LogP contribution in [0.1, 0.15) is 11.4 Å². The molecule has 31 heavy (non-hydrogen) atoms. The molecule has 0 saturated heterocycles. The number of imidazole rings is 1. The van der Waals surface area contributed by atoms with Crippen molar-refractivity contribution in [3.05, 3.63) is 69.5 Å². The summed E-state index contributed by atoms with van der Waals surface area (Å²) in [4.78, 5) is 26.9.